The van der Waals surface area contributed by atoms with E-state index in [2.05, 4.69) is 0 Å². The quantitative estimate of drug-likeness (QED) is 0.905. The van der Waals surface area contributed by atoms with Gasteiger partial charge in [0.05, 0.1) is 12.0 Å². The van der Waals surface area contributed by atoms with Gasteiger partial charge in [0.15, 0.2) is 0 Å². The van der Waals surface area contributed by atoms with Crippen LogP contribution in [-0.2, 0) is 16.6 Å². The van der Waals surface area contributed by atoms with E-state index >= 15 is 0 Å². The highest BCUT2D eigenvalue weighted by Gasteiger charge is 2.32. The topological polar surface area (TPSA) is 72.6 Å². The lowest BCUT2D eigenvalue weighted by molar-refractivity contribution is 0.405. The van der Waals surface area contributed by atoms with Crippen LogP contribution in [0, 0.1) is 0 Å². The summed E-state index contributed by atoms with van der Waals surface area (Å²) in [5, 5.41) is 0. The molecule has 1 unspecified atom stereocenters. The predicted molar refractivity (Wildman–Crippen MR) is 73.5 cm³/mol. The summed E-state index contributed by atoms with van der Waals surface area (Å²) in [6, 6.07) is 4.92. The smallest absolute Gasteiger partial charge is 0.243 e. The van der Waals surface area contributed by atoms with Gasteiger partial charge in [0.1, 0.15) is 5.75 Å². The first kappa shape index (κ1) is 14.3. The highest BCUT2D eigenvalue weighted by atomic mass is 32.2. The van der Waals surface area contributed by atoms with Gasteiger partial charge in [-0.15, -0.1) is 0 Å². The molecular weight excluding hydrogens is 264 g/mol. The van der Waals surface area contributed by atoms with E-state index in [0.717, 1.165) is 12.8 Å². The Bertz CT molecular complexity index is 557. The van der Waals surface area contributed by atoms with Crippen molar-refractivity contribution >= 4 is 10.0 Å². The zero-order chi connectivity index (χ0) is 14.0. The molecule has 1 aliphatic heterocycles. The fraction of sp³-hybridized carbons (Fsp3) is 0.538. The summed E-state index contributed by atoms with van der Waals surface area (Å²) < 4.78 is 31.8. The number of benzene rings is 1. The summed E-state index contributed by atoms with van der Waals surface area (Å²) >= 11 is 0. The fourth-order valence-corrected chi connectivity index (χ4v) is 4.22. The third kappa shape index (κ3) is 2.61. The molecule has 1 fully saturated rings. The number of methoxy groups -OCH3 is 1. The molecule has 1 saturated heterocycles. The van der Waals surface area contributed by atoms with E-state index in [-0.39, 0.29) is 12.6 Å². The van der Waals surface area contributed by atoms with E-state index in [1.165, 1.54) is 0 Å². The molecule has 2 N–H and O–H groups in total. The number of ether oxygens (including phenoxy) is 1. The first-order valence-electron chi connectivity index (χ1n) is 6.39. The van der Waals surface area contributed by atoms with Gasteiger partial charge in [-0.1, -0.05) is 0 Å². The van der Waals surface area contributed by atoms with Gasteiger partial charge < -0.3 is 10.5 Å². The van der Waals surface area contributed by atoms with Crippen LogP contribution in [0.15, 0.2) is 23.1 Å². The molecule has 2 rings (SSSR count). The number of sulfonamides is 1. The lowest BCUT2D eigenvalue weighted by Crippen LogP contribution is -2.33. The van der Waals surface area contributed by atoms with E-state index in [9.17, 15) is 8.42 Å². The predicted octanol–water partition coefficient (Wildman–Crippen LogP) is 1.33. The van der Waals surface area contributed by atoms with Crippen molar-refractivity contribution in [2.45, 2.75) is 37.2 Å². The van der Waals surface area contributed by atoms with Crippen LogP contribution in [0.2, 0.25) is 0 Å². The Morgan fingerprint density at radius 3 is 2.74 bits per heavy atom. The lowest BCUT2D eigenvalue weighted by atomic mass is 10.2. The van der Waals surface area contributed by atoms with Crippen molar-refractivity contribution in [1.29, 1.82) is 0 Å². The van der Waals surface area contributed by atoms with Gasteiger partial charge in [-0.3, -0.25) is 0 Å². The first-order valence-corrected chi connectivity index (χ1v) is 7.83. The monoisotopic (exact) mass is 284 g/mol. The van der Waals surface area contributed by atoms with Gasteiger partial charge in [0.2, 0.25) is 10.0 Å². The zero-order valence-electron chi connectivity index (χ0n) is 11.3. The number of nitrogens with two attached hydrogens (primary N) is 1. The molecule has 0 bridgehead atoms. The number of nitrogens with zero attached hydrogens (tertiary/aromatic N) is 1. The van der Waals surface area contributed by atoms with Crippen molar-refractivity contribution in [2.24, 2.45) is 5.73 Å². The number of hydrogen-bond acceptors (Lipinski definition) is 4. The van der Waals surface area contributed by atoms with Gasteiger partial charge in [0, 0.05) is 24.7 Å². The van der Waals surface area contributed by atoms with Crippen molar-refractivity contribution in [3.8, 4) is 5.75 Å². The lowest BCUT2D eigenvalue weighted by Gasteiger charge is -2.21. The molecular formula is C13H20N2O3S. The van der Waals surface area contributed by atoms with Crippen LogP contribution in [0.5, 0.6) is 5.75 Å². The van der Waals surface area contributed by atoms with Crippen LogP contribution in [0.25, 0.3) is 0 Å². The Balaban J connectivity index is 2.40. The zero-order valence-corrected chi connectivity index (χ0v) is 12.1. The van der Waals surface area contributed by atoms with Gasteiger partial charge >= 0.3 is 0 Å². The summed E-state index contributed by atoms with van der Waals surface area (Å²) in [5.74, 6) is 0.621. The van der Waals surface area contributed by atoms with Crippen LogP contribution in [-0.4, -0.2) is 32.4 Å². The molecule has 0 amide bonds. The molecule has 1 atom stereocenters. The normalized spacial score (nSPS) is 20.7. The SMILES string of the molecule is COc1ccc(S(=O)(=O)N2CCCC2C)cc1CN. The molecule has 1 aliphatic rings. The molecule has 0 saturated carbocycles. The molecule has 19 heavy (non-hydrogen) atoms. The van der Waals surface area contributed by atoms with Crippen LogP contribution < -0.4 is 10.5 Å². The molecule has 1 aromatic carbocycles. The molecule has 5 nitrogen and oxygen atoms in total. The summed E-state index contributed by atoms with van der Waals surface area (Å²) in [6.07, 6.45) is 1.83. The fourth-order valence-electron chi connectivity index (χ4n) is 2.47. The van der Waals surface area contributed by atoms with Gasteiger partial charge in [0.25, 0.3) is 0 Å². The van der Waals surface area contributed by atoms with Crippen molar-refractivity contribution in [2.75, 3.05) is 13.7 Å². The van der Waals surface area contributed by atoms with E-state index in [1.807, 2.05) is 6.92 Å². The average molecular weight is 284 g/mol. The summed E-state index contributed by atoms with van der Waals surface area (Å²) in [5.41, 5.74) is 6.33. The largest absolute Gasteiger partial charge is 0.496 e. The highest BCUT2D eigenvalue weighted by Crippen LogP contribution is 2.28. The third-order valence-electron chi connectivity index (χ3n) is 3.57. The van der Waals surface area contributed by atoms with Crippen LogP contribution in [0.3, 0.4) is 0 Å². The van der Waals surface area contributed by atoms with Gasteiger partial charge in [-0.2, -0.15) is 4.31 Å². The molecule has 0 aromatic heterocycles. The first-order chi connectivity index (χ1) is 9.00. The van der Waals surface area contributed by atoms with Crippen molar-refractivity contribution < 1.29 is 13.2 Å². The second-order valence-electron chi connectivity index (χ2n) is 4.78. The van der Waals surface area contributed by atoms with Crippen molar-refractivity contribution in [1.82, 2.24) is 4.31 Å². The van der Waals surface area contributed by atoms with E-state index in [1.54, 1.807) is 29.6 Å². The van der Waals surface area contributed by atoms with Gasteiger partial charge in [-0.05, 0) is 38.0 Å². The van der Waals surface area contributed by atoms with E-state index in [0.29, 0.717) is 22.8 Å². The second-order valence-corrected chi connectivity index (χ2v) is 6.68. The van der Waals surface area contributed by atoms with Gasteiger partial charge in [-0.25, -0.2) is 8.42 Å². The maximum absolute atomic E-state index is 12.6. The Kier molecular flexibility index (Phi) is 4.13. The Labute approximate surface area is 114 Å². The maximum atomic E-state index is 12.6. The summed E-state index contributed by atoms with van der Waals surface area (Å²) in [6.45, 7) is 2.79. The number of rotatable bonds is 4. The Morgan fingerprint density at radius 1 is 1.47 bits per heavy atom. The van der Waals surface area contributed by atoms with Crippen LogP contribution in [0.4, 0.5) is 0 Å². The van der Waals surface area contributed by atoms with Crippen molar-refractivity contribution in [3.63, 3.8) is 0 Å². The minimum absolute atomic E-state index is 0.0634. The molecule has 0 radical (unpaired) electrons. The maximum Gasteiger partial charge on any atom is 0.243 e. The third-order valence-corrected chi connectivity index (χ3v) is 5.58. The number of hydrogen-bond donors (Lipinski definition) is 1. The van der Waals surface area contributed by atoms with Crippen LogP contribution in [0.1, 0.15) is 25.3 Å². The van der Waals surface area contributed by atoms with E-state index < -0.39 is 10.0 Å². The highest BCUT2D eigenvalue weighted by molar-refractivity contribution is 7.89. The Hall–Kier alpha value is -1.11. The summed E-state index contributed by atoms with van der Waals surface area (Å²) in [7, 11) is -1.88. The molecule has 1 heterocycles. The standard InChI is InChI=1S/C13H20N2O3S/c1-10-4-3-7-15(10)19(16,17)12-5-6-13(18-2)11(8-12)9-14/h5-6,8,10H,3-4,7,9,14H2,1-2H3. The molecule has 6 heteroatoms. The van der Waals surface area contributed by atoms with E-state index in [4.69, 9.17) is 10.5 Å². The minimum atomic E-state index is -3.42. The molecule has 0 aliphatic carbocycles. The van der Waals surface area contributed by atoms with Crippen LogP contribution >= 0.6 is 0 Å². The van der Waals surface area contributed by atoms with Crippen molar-refractivity contribution in [3.05, 3.63) is 23.8 Å². The molecule has 106 valence electrons. The summed E-state index contributed by atoms with van der Waals surface area (Å²) in [4.78, 5) is 0.294. The Morgan fingerprint density at radius 2 is 2.21 bits per heavy atom. The average Bonchev–Trinajstić information content (AvgIpc) is 2.84. The molecule has 1 aromatic rings. The second kappa shape index (κ2) is 5.48. The minimum Gasteiger partial charge on any atom is -0.496 e. The molecule has 0 spiro atoms.